The molecule has 0 spiro atoms. The van der Waals surface area contributed by atoms with Crippen LogP contribution in [0.5, 0.6) is 5.75 Å². The highest BCUT2D eigenvalue weighted by atomic mass is 16.5. The van der Waals surface area contributed by atoms with Gasteiger partial charge in [0.05, 0.1) is 6.61 Å². The van der Waals surface area contributed by atoms with Crippen molar-refractivity contribution in [1.82, 2.24) is 0 Å². The lowest BCUT2D eigenvalue weighted by Gasteiger charge is -2.06. The van der Waals surface area contributed by atoms with Crippen molar-refractivity contribution in [2.45, 2.75) is 25.4 Å². The summed E-state index contributed by atoms with van der Waals surface area (Å²) < 4.78 is 5.37. The minimum absolute atomic E-state index is 0.245. The van der Waals surface area contributed by atoms with Crippen molar-refractivity contribution in [3.63, 3.8) is 0 Å². The van der Waals surface area contributed by atoms with Crippen LogP contribution in [0.1, 0.15) is 17.5 Å². The van der Waals surface area contributed by atoms with Crippen molar-refractivity contribution in [3.8, 4) is 5.75 Å². The second-order valence-electron chi connectivity index (χ2n) is 3.93. The van der Waals surface area contributed by atoms with Crippen LogP contribution in [0.4, 0.5) is 0 Å². The largest absolute Gasteiger partial charge is 0.493 e. The fraction of sp³-hybridized carbons (Fsp3) is 0.417. The number of hydrogen-bond acceptors (Lipinski definition) is 3. The molecule has 86 valence electrons. The van der Waals surface area contributed by atoms with E-state index in [-0.39, 0.29) is 6.42 Å². The predicted octanol–water partition coefficient (Wildman–Crippen LogP) is 1.000. The van der Waals surface area contributed by atoms with Crippen molar-refractivity contribution >= 4 is 5.97 Å². The fourth-order valence-electron chi connectivity index (χ4n) is 1.82. The standard InChI is InChI=1S/C12H14O4/c13-10(12(14)15)3-1-8-2-4-11-9(7-8)5-6-16-11/h2,4,7,10,13H,1,3,5-6H2,(H,14,15). The van der Waals surface area contributed by atoms with Gasteiger partial charge in [-0.1, -0.05) is 12.1 Å². The van der Waals surface area contributed by atoms with Crippen molar-refractivity contribution < 1.29 is 19.7 Å². The van der Waals surface area contributed by atoms with Crippen LogP contribution in [0.3, 0.4) is 0 Å². The van der Waals surface area contributed by atoms with Gasteiger partial charge in [0.25, 0.3) is 0 Å². The van der Waals surface area contributed by atoms with E-state index in [2.05, 4.69) is 0 Å². The molecule has 16 heavy (non-hydrogen) atoms. The van der Waals surface area contributed by atoms with E-state index in [0.717, 1.165) is 24.3 Å². The van der Waals surface area contributed by atoms with Gasteiger partial charge in [0.15, 0.2) is 6.10 Å². The quantitative estimate of drug-likeness (QED) is 0.797. The first-order chi connectivity index (χ1) is 7.66. The molecule has 1 heterocycles. The first kappa shape index (κ1) is 11.0. The van der Waals surface area contributed by atoms with Gasteiger partial charge >= 0.3 is 5.97 Å². The van der Waals surface area contributed by atoms with E-state index in [9.17, 15) is 4.79 Å². The average Bonchev–Trinajstić information content (AvgIpc) is 2.72. The third kappa shape index (κ3) is 2.33. The minimum Gasteiger partial charge on any atom is -0.493 e. The number of aryl methyl sites for hydroxylation is 1. The molecule has 2 N–H and O–H groups in total. The molecule has 1 aromatic rings. The predicted molar refractivity (Wildman–Crippen MR) is 57.6 cm³/mol. The maximum absolute atomic E-state index is 10.4. The summed E-state index contributed by atoms with van der Waals surface area (Å²) in [5, 5.41) is 17.7. The molecule has 1 aliphatic rings. The molecule has 1 unspecified atom stereocenters. The van der Waals surface area contributed by atoms with Gasteiger partial charge in [-0.2, -0.15) is 0 Å². The number of carboxylic acids is 1. The van der Waals surface area contributed by atoms with Crippen molar-refractivity contribution in [2.24, 2.45) is 0 Å². The van der Waals surface area contributed by atoms with Crippen molar-refractivity contribution in [2.75, 3.05) is 6.61 Å². The number of carbonyl (C=O) groups is 1. The lowest BCUT2D eigenvalue weighted by Crippen LogP contribution is -2.19. The number of hydrogen-bond donors (Lipinski definition) is 2. The lowest BCUT2D eigenvalue weighted by molar-refractivity contribution is -0.146. The molecule has 1 aromatic carbocycles. The Morgan fingerprint density at radius 1 is 1.50 bits per heavy atom. The Balaban J connectivity index is 1.98. The van der Waals surface area contributed by atoms with Gasteiger partial charge in [0.1, 0.15) is 5.75 Å². The van der Waals surface area contributed by atoms with E-state index < -0.39 is 12.1 Å². The summed E-state index contributed by atoms with van der Waals surface area (Å²) in [5.74, 6) is -0.243. The number of aliphatic carboxylic acids is 1. The molecule has 1 aliphatic heterocycles. The SMILES string of the molecule is O=C(O)C(O)CCc1ccc2c(c1)CCO2. The Kier molecular flexibility index (Phi) is 3.10. The zero-order valence-electron chi connectivity index (χ0n) is 8.85. The number of benzene rings is 1. The zero-order chi connectivity index (χ0) is 11.5. The Bertz CT molecular complexity index is 400. The normalized spacial score (nSPS) is 15.3. The monoisotopic (exact) mass is 222 g/mol. The minimum atomic E-state index is -1.27. The molecular formula is C12H14O4. The Labute approximate surface area is 93.5 Å². The molecule has 0 aliphatic carbocycles. The van der Waals surface area contributed by atoms with Crippen LogP contribution in [0, 0.1) is 0 Å². The molecule has 4 heteroatoms. The molecule has 0 amide bonds. The van der Waals surface area contributed by atoms with Crippen LogP contribution in [0.25, 0.3) is 0 Å². The number of fused-ring (bicyclic) bond motifs is 1. The second-order valence-corrected chi connectivity index (χ2v) is 3.93. The van der Waals surface area contributed by atoms with E-state index in [1.54, 1.807) is 0 Å². The van der Waals surface area contributed by atoms with Gasteiger partial charge in [-0.3, -0.25) is 0 Å². The Morgan fingerprint density at radius 3 is 3.06 bits per heavy atom. The molecule has 0 saturated carbocycles. The summed E-state index contributed by atoms with van der Waals surface area (Å²) in [7, 11) is 0. The summed E-state index contributed by atoms with van der Waals surface area (Å²) in [5.41, 5.74) is 2.21. The van der Waals surface area contributed by atoms with E-state index in [1.807, 2.05) is 18.2 Å². The maximum Gasteiger partial charge on any atom is 0.332 e. The topological polar surface area (TPSA) is 66.8 Å². The third-order valence-corrected chi connectivity index (χ3v) is 2.75. The fourth-order valence-corrected chi connectivity index (χ4v) is 1.82. The number of aliphatic hydroxyl groups excluding tert-OH is 1. The van der Waals surface area contributed by atoms with Gasteiger partial charge in [-0.15, -0.1) is 0 Å². The highest BCUT2D eigenvalue weighted by Crippen LogP contribution is 2.26. The molecule has 4 nitrogen and oxygen atoms in total. The molecule has 0 bridgehead atoms. The van der Waals surface area contributed by atoms with E-state index in [4.69, 9.17) is 14.9 Å². The van der Waals surface area contributed by atoms with Crippen LogP contribution < -0.4 is 4.74 Å². The van der Waals surface area contributed by atoms with Crippen molar-refractivity contribution in [1.29, 1.82) is 0 Å². The molecule has 0 fully saturated rings. The molecule has 0 radical (unpaired) electrons. The molecule has 0 saturated heterocycles. The van der Waals surface area contributed by atoms with Crippen molar-refractivity contribution in [3.05, 3.63) is 29.3 Å². The summed E-state index contributed by atoms with van der Waals surface area (Å²) in [4.78, 5) is 10.4. The summed E-state index contributed by atoms with van der Waals surface area (Å²) >= 11 is 0. The Morgan fingerprint density at radius 2 is 2.31 bits per heavy atom. The first-order valence-electron chi connectivity index (χ1n) is 5.32. The number of rotatable bonds is 4. The molecule has 1 atom stereocenters. The highest BCUT2D eigenvalue weighted by Gasteiger charge is 2.15. The zero-order valence-corrected chi connectivity index (χ0v) is 8.85. The highest BCUT2D eigenvalue weighted by molar-refractivity contribution is 5.71. The molecular weight excluding hydrogens is 208 g/mol. The average molecular weight is 222 g/mol. The molecule has 0 aromatic heterocycles. The van der Waals surface area contributed by atoms with Crippen LogP contribution in [-0.4, -0.2) is 28.9 Å². The summed E-state index contributed by atoms with van der Waals surface area (Å²) in [6.45, 7) is 0.719. The van der Waals surface area contributed by atoms with Crippen LogP contribution >= 0.6 is 0 Å². The second kappa shape index (κ2) is 4.53. The first-order valence-corrected chi connectivity index (χ1v) is 5.32. The van der Waals surface area contributed by atoms with Gasteiger partial charge in [-0.25, -0.2) is 4.79 Å². The number of aliphatic hydroxyl groups is 1. The van der Waals surface area contributed by atoms with Gasteiger partial charge in [-0.05, 0) is 30.0 Å². The maximum atomic E-state index is 10.4. The molecule has 2 rings (SSSR count). The van der Waals surface area contributed by atoms with E-state index in [1.165, 1.54) is 5.56 Å². The third-order valence-electron chi connectivity index (χ3n) is 2.75. The van der Waals surface area contributed by atoms with E-state index in [0.29, 0.717) is 6.42 Å². The van der Waals surface area contributed by atoms with Gasteiger partial charge in [0.2, 0.25) is 0 Å². The lowest BCUT2D eigenvalue weighted by atomic mass is 10.0. The van der Waals surface area contributed by atoms with E-state index >= 15 is 0 Å². The summed E-state index contributed by atoms with van der Waals surface area (Å²) in [6, 6.07) is 5.85. The van der Waals surface area contributed by atoms with Crippen LogP contribution in [0.15, 0.2) is 18.2 Å². The van der Waals surface area contributed by atoms with Gasteiger partial charge in [0, 0.05) is 6.42 Å². The van der Waals surface area contributed by atoms with Crippen LogP contribution in [-0.2, 0) is 17.6 Å². The summed E-state index contributed by atoms with van der Waals surface area (Å²) in [6.07, 6.45) is 0.449. The number of carboxylic acid groups (broad SMARTS) is 1. The smallest absolute Gasteiger partial charge is 0.332 e. The number of ether oxygens (including phenoxy) is 1. The van der Waals surface area contributed by atoms with Crippen LogP contribution in [0.2, 0.25) is 0 Å². The van der Waals surface area contributed by atoms with Gasteiger partial charge < -0.3 is 14.9 Å². The Hall–Kier alpha value is -1.55.